The first-order valence-corrected chi connectivity index (χ1v) is 3.71. The van der Waals surface area contributed by atoms with Gasteiger partial charge in [0.15, 0.2) is 0 Å². The van der Waals surface area contributed by atoms with E-state index >= 15 is 0 Å². The molecule has 2 heteroatoms. The van der Waals surface area contributed by atoms with Gasteiger partial charge in [-0.1, -0.05) is 25.3 Å². The van der Waals surface area contributed by atoms with Gasteiger partial charge in [0.05, 0.1) is 0 Å². The van der Waals surface area contributed by atoms with Gasteiger partial charge in [-0.05, 0) is 17.7 Å². The maximum Gasteiger partial charge on any atom is 0.250 e. The van der Waals surface area contributed by atoms with Crippen molar-refractivity contribution in [2.75, 3.05) is 6.54 Å². The van der Waals surface area contributed by atoms with Gasteiger partial charge in [-0.15, -0.1) is 0 Å². The predicted molar refractivity (Wildman–Crippen MR) is 49.3 cm³/mol. The molecular formula is C10H11NO. The van der Waals surface area contributed by atoms with Crippen LogP contribution in [0.1, 0.15) is 0 Å². The van der Waals surface area contributed by atoms with Gasteiger partial charge in [0.25, 0.3) is 0 Å². The zero-order valence-corrected chi connectivity index (χ0v) is 6.86. The van der Waals surface area contributed by atoms with Crippen LogP contribution in [-0.2, 0) is 4.79 Å². The van der Waals surface area contributed by atoms with Gasteiger partial charge >= 0.3 is 0 Å². The highest BCUT2D eigenvalue weighted by molar-refractivity contribution is 5.88. The molecule has 0 aromatic carbocycles. The number of hydrogen-bond acceptors (Lipinski definition) is 1. The first-order chi connectivity index (χ1) is 5.77. The van der Waals surface area contributed by atoms with Crippen molar-refractivity contribution >= 4 is 5.91 Å². The number of carbonyl (C=O) groups excluding carboxylic acids is 1. The number of amides is 1. The second-order valence-corrected chi connectivity index (χ2v) is 2.42. The molecule has 1 heterocycles. The van der Waals surface area contributed by atoms with E-state index in [1.807, 2.05) is 12.2 Å². The average Bonchev–Trinajstić information content (AvgIpc) is 2.17. The third kappa shape index (κ3) is 1.72. The van der Waals surface area contributed by atoms with Crippen molar-refractivity contribution in [3.8, 4) is 0 Å². The summed E-state index contributed by atoms with van der Waals surface area (Å²) in [5, 5.41) is 0. The number of allylic oxidation sites excluding steroid dienone is 3. The minimum atomic E-state index is -0.0781. The van der Waals surface area contributed by atoms with Gasteiger partial charge < -0.3 is 4.90 Å². The fourth-order valence-electron chi connectivity index (χ4n) is 0.941. The molecule has 0 bridgehead atoms. The molecule has 0 atom stereocenters. The molecule has 0 aromatic rings. The molecule has 12 heavy (non-hydrogen) atoms. The Kier molecular flexibility index (Phi) is 2.64. The summed E-state index contributed by atoms with van der Waals surface area (Å²) in [4.78, 5) is 12.6. The fraction of sp³-hybridized carbons (Fsp3) is 0.100. The van der Waals surface area contributed by atoms with Crippen molar-refractivity contribution < 1.29 is 4.79 Å². The van der Waals surface area contributed by atoms with Crippen LogP contribution in [0.2, 0.25) is 0 Å². The van der Waals surface area contributed by atoms with E-state index in [1.54, 1.807) is 17.2 Å². The molecule has 0 saturated heterocycles. The van der Waals surface area contributed by atoms with Gasteiger partial charge in [-0.25, -0.2) is 0 Å². The van der Waals surface area contributed by atoms with Gasteiger partial charge in [-0.3, -0.25) is 4.79 Å². The van der Waals surface area contributed by atoms with E-state index in [4.69, 9.17) is 0 Å². The van der Waals surface area contributed by atoms with Crippen molar-refractivity contribution in [3.63, 3.8) is 0 Å². The van der Waals surface area contributed by atoms with Crippen LogP contribution in [0.5, 0.6) is 0 Å². The van der Waals surface area contributed by atoms with E-state index in [9.17, 15) is 4.79 Å². The third-order valence-electron chi connectivity index (χ3n) is 1.66. The molecule has 0 radical (unpaired) electrons. The van der Waals surface area contributed by atoms with Crippen molar-refractivity contribution in [2.24, 2.45) is 0 Å². The monoisotopic (exact) mass is 161 g/mol. The summed E-state index contributed by atoms with van der Waals surface area (Å²) >= 11 is 0. The van der Waals surface area contributed by atoms with Crippen molar-refractivity contribution in [1.82, 2.24) is 4.90 Å². The molecule has 0 fully saturated rings. The van der Waals surface area contributed by atoms with Gasteiger partial charge in [-0.2, -0.15) is 0 Å². The van der Waals surface area contributed by atoms with Crippen molar-refractivity contribution in [3.05, 3.63) is 49.2 Å². The zero-order chi connectivity index (χ0) is 8.97. The highest BCUT2D eigenvalue weighted by Gasteiger charge is 2.07. The summed E-state index contributed by atoms with van der Waals surface area (Å²) in [5.74, 6) is -0.0781. The number of carbonyl (C=O) groups is 1. The molecular weight excluding hydrogens is 150 g/mol. The summed E-state index contributed by atoms with van der Waals surface area (Å²) in [6.45, 7) is 7.64. The molecule has 0 spiro atoms. The van der Waals surface area contributed by atoms with Crippen LogP contribution in [-0.4, -0.2) is 17.4 Å². The first-order valence-electron chi connectivity index (χ1n) is 3.71. The average molecular weight is 161 g/mol. The van der Waals surface area contributed by atoms with Gasteiger partial charge in [0.2, 0.25) is 5.91 Å². The quantitative estimate of drug-likeness (QED) is 0.564. The summed E-state index contributed by atoms with van der Waals surface area (Å²) < 4.78 is 0. The number of hydrogen-bond donors (Lipinski definition) is 0. The molecule has 0 aliphatic carbocycles. The molecule has 1 rings (SSSR count). The molecule has 1 aliphatic rings. The zero-order valence-electron chi connectivity index (χ0n) is 6.86. The maximum atomic E-state index is 11.1. The lowest BCUT2D eigenvalue weighted by Crippen LogP contribution is -2.25. The Labute approximate surface area is 72.2 Å². The molecule has 0 unspecified atom stereocenters. The lowest BCUT2D eigenvalue weighted by atomic mass is 10.2. The molecule has 0 saturated carbocycles. The van der Waals surface area contributed by atoms with E-state index in [-0.39, 0.29) is 5.91 Å². The van der Waals surface area contributed by atoms with E-state index in [1.165, 1.54) is 6.08 Å². The van der Waals surface area contributed by atoms with Crippen LogP contribution in [0.3, 0.4) is 0 Å². The van der Waals surface area contributed by atoms with E-state index < -0.39 is 0 Å². The number of rotatable bonds is 2. The van der Waals surface area contributed by atoms with Crippen LogP contribution in [0.25, 0.3) is 0 Å². The van der Waals surface area contributed by atoms with E-state index in [0.717, 1.165) is 5.57 Å². The van der Waals surface area contributed by atoms with Crippen LogP contribution in [0.4, 0.5) is 0 Å². The molecule has 2 nitrogen and oxygen atoms in total. The van der Waals surface area contributed by atoms with Crippen LogP contribution in [0.15, 0.2) is 49.2 Å². The second kappa shape index (κ2) is 3.72. The Morgan fingerprint density at radius 1 is 1.58 bits per heavy atom. The minimum absolute atomic E-state index is 0.0781. The van der Waals surface area contributed by atoms with Gasteiger partial charge in [0.1, 0.15) is 0 Å². The summed E-state index contributed by atoms with van der Waals surface area (Å²) in [6, 6.07) is 0. The Hall–Kier alpha value is -1.57. The second-order valence-electron chi connectivity index (χ2n) is 2.42. The maximum absolute atomic E-state index is 11.1. The standard InChI is InChI=1S/C10H11NO/c1-3-9-5-7-11(8-6-9)10(12)4-2/h3-7H,1-2,8H2. The van der Waals surface area contributed by atoms with Crippen LogP contribution >= 0.6 is 0 Å². The summed E-state index contributed by atoms with van der Waals surface area (Å²) in [5.41, 5.74) is 1.04. The molecule has 0 N–H and O–H groups in total. The largest absolute Gasteiger partial charge is 0.312 e. The third-order valence-corrected chi connectivity index (χ3v) is 1.66. The molecule has 1 aliphatic heterocycles. The molecule has 1 amide bonds. The van der Waals surface area contributed by atoms with Crippen LogP contribution in [0, 0.1) is 0 Å². The highest BCUT2D eigenvalue weighted by Crippen LogP contribution is 2.07. The minimum Gasteiger partial charge on any atom is -0.312 e. The van der Waals surface area contributed by atoms with Crippen LogP contribution < -0.4 is 0 Å². The Morgan fingerprint density at radius 3 is 2.75 bits per heavy atom. The topological polar surface area (TPSA) is 20.3 Å². The first kappa shape index (κ1) is 8.53. The summed E-state index contributed by atoms with van der Waals surface area (Å²) in [7, 11) is 0. The van der Waals surface area contributed by atoms with Gasteiger partial charge in [0, 0.05) is 12.7 Å². The molecule has 62 valence electrons. The summed E-state index contributed by atoms with van der Waals surface area (Å²) in [6.07, 6.45) is 8.58. The Morgan fingerprint density at radius 2 is 2.33 bits per heavy atom. The van der Waals surface area contributed by atoms with E-state index in [2.05, 4.69) is 13.2 Å². The number of nitrogens with zero attached hydrogens (tertiary/aromatic N) is 1. The fourth-order valence-corrected chi connectivity index (χ4v) is 0.941. The SMILES string of the molecule is C=CC(=O)N1C=CC(C=C)=CC1. The lowest BCUT2D eigenvalue weighted by Gasteiger charge is -2.17. The smallest absolute Gasteiger partial charge is 0.250 e. The Bertz CT molecular complexity index is 274. The predicted octanol–water partition coefficient (Wildman–Crippen LogP) is 1.64. The highest BCUT2D eigenvalue weighted by atomic mass is 16.2. The lowest BCUT2D eigenvalue weighted by molar-refractivity contribution is -0.123. The molecule has 0 aromatic heterocycles. The normalized spacial score (nSPS) is 15.3. The van der Waals surface area contributed by atoms with E-state index in [0.29, 0.717) is 6.54 Å². The van der Waals surface area contributed by atoms with Crippen molar-refractivity contribution in [1.29, 1.82) is 0 Å². The van der Waals surface area contributed by atoms with Crippen molar-refractivity contribution in [2.45, 2.75) is 0 Å². The Balaban J connectivity index is 2.65.